The lowest BCUT2D eigenvalue weighted by Crippen LogP contribution is -2.12. The molecule has 0 spiro atoms. The average Bonchev–Trinajstić information content (AvgIpc) is 2.94. The largest absolute Gasteiger partial charge is 0.276 e. The van der Waals surface area contributed by atoms with E-state index in [1.54, 1.807) is 16.9 Å². The maximum Gasteiger partial charge on any atom is 0.261 e. The number of halogens is 2. The molecule has 5 nitrogen and oxygen atoms in total. The van der Waals surface area contributed by atoms with Crippen molar-refractivity contribution in [1.82, 2.24) is 9.78 Å². The summed E-state index contributed by atoms with van der Waals surface area (Å²) < 4.78 is 41.4. The summed E-state index contributed by atoms with van der Waals surface area (Å²) in [6, 6.07) is 11.9. The number of hydrogen-bond acceptors (Lipinski definition) is 3. The van der Waals surface area contributed by atoms with Gasteiger partial charge in [0.15, 0.2) is 0 Å². The molecule has 0 aliphatic rings. The second-order valence-corrected chi connectivity index (χ2v) is 7.23. The number of nitrogens with zero attached hydrogens (tertiary/aromatic N) is 2. The highest BCUT2D eigenvalue weighted by Gasteiger charge is 2.15. The molecule has 2 aromatic carbocycles. The van der Waals surface area contributed by atoms with Gasteiger partial charge < -0.3 is 0 Å². The molecule has 0 saturated heterocycles. The smallest absolute Gasteiger partial charge is 0.261 e. The van der Waals surface area contributed by atoms with Gasteiger partial charge in [0.05, 0.1) is 23.3 Å². The third-order valence-corrected chi connectivity index (χ3v) is 4.88. The van der Waals surface area contributed by atoms with E-state index in [1.165, 1.54) is 18.3 Å². The van der Waals surface area contributed by atoms with Gasteiger partial charge in [0.25, 0.3) is 10.0 Å². The molecule has 0 fully saturated rings. The van der Waals surface area contributed by atoms with Crippen molar-refractivity contribution in [2.24, 2.45) is 0 Å². The molecule has 1 aromatic heterocycles. The Balaban J connectivity index is 1.75. The second kappa shape index (κ2) is 6.62. The van der Waals surface area contributed by atoms with Gasteiger partial charge in [-0.3, -0.25) is 9.40 Å². The van der Waals surface area contributed by atoms with Crippen molar-refractivity contribution < 1.29 is 12.8 Å². The van der Waals surface area contributed by atoms with Crippen molar-refractivity contribution >= 4 is 27.3 Å². The number of rotatable bonds is 5. The molecule has 0 aliphatic heterocycles. The molecule has 0 saturated carbocycles. The minimum absolute atomic E-state index is 0.0218. The van der Waals surface area contributed by atoms with Crippen LogP contribution in [0.3, 0.4) is 0 Å². The number of anilines is 1. The quantitative estimate of drug-likeness (QED) is 0.752. The van der Waals surface area contributed by atoms with Crippen molar-refractivity contribution in [2.75, 3.05) is 4.72 Å². The van der Waals surface area contributed by atoms with Crippen LogP contribution in [-0.2, 0) is 16.6 Å². The Labute approximate surface area is 143 Å². The van der Waals surface area contributed by atoms with E-state index >= 15 is 0 Å². The topological polar surface area (TPSA) is 64.0 Å². The molecule has 24 heavy (non-hydrogen) atoms. The minimum atomic E-state index is -3.79. The first-order chi connectivity index (χ1) is 11.4. The van der Waals surface area contributed by atoms with Gasteiger partial charge in [0, 0.05) is 11.2 Å². The number of hydrogen-bond donors (Lipinski definition) is 1. The molecular formula is C16H13ClFN3O2S. The summed E-state index contributed by atoms with van der Waals surface area (Å²) in [6.45, 7) is 0.457. The van der Waals surface area contributed by atoms with Gasteiger partial charge in [0.1, 0.15) is 5.82 Å². The highest BCUT2D eigenvalue weighted by atomic mass is 35.5. The summed E-state index contributed by atoms with van der Waals surface area (Å²) in [6.07, 6.45) is 2.98. The van der Waals surface area contributed by atoms with E-state index in [-0.39, 0.29) is 4.90 Å². The zero-order valence-corrected chi connectivity index (χ0v) is 13.9. The van der Waals surface area contributed by atoms with Crippen molar-refractivity contribution in [2.45, 2.75) is 11.4 Å². The Morgan fingerprint density at radius 3 is 2.62 bits per heavy atom. The number of sulfonamides is 1. The first-order valence-electron chi connectivity index (χ1n) is 6.98. The highest BCUT2D eigenvalue weighted by Crippen LogP contribution is 2.17. The summed E-state index contributed by atoms with van der Waals surface area (Å²) in [5.41, 5.74) is 1.26. The Hall–Kier alpha value is -2.38. The monoisotopic (exact) mass is 365 g/mol. The SMILES string of the molecule is O=S(=O)(Nc1cnn(Cc2cccc(Cl)c2)c1)c1ccc(F)cc1. The van der Waals surface area contributed by atoms with Gasteiger partial charge in [0.2, 0.25) is 0 Å². The molecular weight excluding hydrogens is 353 g/mol. The number of nitrogens with one attached hydrogen (secondary N) is 1. The molecule has 0 bridgehead atoms. The van der Waals surface area contributed by atoms with Crippen LogP contribution in [0.1, 0.15) is 5.56 Å². The lowest BCUT2D eigenvalue weighted by atomic mass is 10.2. The van der Waals surface area contributed by atoms with E-state index in [4.69, 9.17) is 11.6 Å². The zero-order valence-electron chi connectivity index (χ0n) is 12.4. The average molecular weight is 366 g/mol. The standard InChI is InChI=1S/C16H13ClFN3O2S/c17-13-3-1-2-12(8-13)10-21-11-15(9-19-21)20-24(22,23)16-6-4-14(18)5-7-16/h1-9,11,20H,10H2. The summed E-state index contributed by atoms with van der Waals surface area (Å²) in [5, 5.41) is 4.74. The van der Waals surface area contributed by atoms with Gasteiger partial charge in [-0.05, 0) is 42.0 Å². The molecule has 3 aromatic rings. The predicted octanol–water partition coefficient (Wildman–Crippen LogP) is 3.52. The number of benzene rings is 2. The molecule has 0 aliphatic carbocycles. The van der Waals surface area contributed by atoms with Crippen LogP contribution in [0.4, 0.5) is 10.1 Å². The van der Waals surface area contributed by atoms with Gasteiger partial charge in [-0.15, -0.1) is 0 Å². The second-order valence-electron chi connectivity index (χ2n) is 5.12. The maximum atomic E-state index is 12.9. The van der Waals surface area contributed by atoms with E-state index in [0.717, 1.165) is 17.7 Å². The summed E-state index contributed by atoms with van der Waals surface area (Å²) in [5.74, 6) is -0.497. The normalized spacial score (nSPS) is 11.4. The van der Waals surface area contributed by atoms with Gasteiger partial charge in [-0.25, -0.2) is 12.8 Å². The first kappa shape index (κ1) is 16.5. The van der Waals surface area contributed by atoms with E-state index in [9.17, 15) is 12.8 Å². The molecule has 3 rings (SSSR count). The van der Waals surface area contributed by atoms with Gasteiger partial charge >= 0.3 is 0 Å². The van der Waals surface area contributed by atoms with Crippen LogP contribution in [0, 0.1) is 5.82 Å². The van der Waals surface area contributed by atoms with Crippen LogP contribution in [-0.4, -0.2) is 18.2 Å². The summed E-state index contributed by atoms with van der Waals surface area (Å²) in [7, 11) is -3.79. The maximum absolute atomic E-state index is 12.9. The number of aromatic nitrogens is 2. The van der Waals surface area contributed by atoms with Crippen LogP contribution in [0.15, 0.2) is 65.8 Å². The molecule has 8 heteroatoms. The third-order valence-electron chi connectivity index (χ3n) is 3.24. The van der Waals surface area contributed by atoms with E-state index in [1.807, 2.05) is 18.2 Å². The fourth-order valence-electron chi connectivity index (χ4n) is 2.15. The van der Waals surface area contributed by atoms with Crippen LogP contribution in [0.2, 0.25) is 5.02 Å². The molecule has 124 valence electrons. The lowest BCUT2D eigenvalue weighted by molar-refractivity contribution is 0.599. The molecule has 0 unspecified atom stereocenters. The van der Waals surface area contributed by atoms with Crippen molar-refractivity contribution in [3.8, 4) is 0 Å². The molecule has 0 radical (unpaired) electrons. The molecule has 1 N–H and O–H groups in total. The lowest BCUT2D eigenvalue weighted by Gasteiger charge is -2.05. The van der Waals surface area contributed by atoms with Crippen LogP contribution < -0.4 is 4.72 Å². The van der Waals surface area contributed by atoms with Gasteiger partial charge in [-0.1, -0.05) is 23.7 Å². The Morgan fingerprint density at radius 1 is 1.17 bits per heavy atom. The fraction of sp³-hybridized carbons (Fsp3) is 0.0625. The zero-order chi connectivity index (χ0) is 17.2. The van der Waals surface area contributed by atoms with E-state index < -0.39 is 15.8 Å². The first-order valence-corrected chi connectivity index (χ1v) is 8.84. The van der Waals surface area contributed by atoms with E-state index in [0.29, 0.717) is 17.3 Å². The third kappa shape index (κ3) is 3.93. The van der Waals surface area contributed by atoms with Crippen LogP contribution in [0.5, 0.6) is 0 Å². The molecule has 0 amide bonds. The van der Waals surface area contributed by atoms with Crippen molar-refractivity contribution in [1.29, 1.82) is 0 Å². The fourth-order valence-corrected chi connectivity index (χ4v) is 3.39. The van der Waals surface area contributed by atoms with Crippen LogP contribution >= 0.6 is 11.6 Å². The molecule has 1 heterocycles. The Kier molecular flexibility index (Phi) is 4.55. The minimum Gasteiger partial charge on any atom is -0.276 e. The Morgan fingerprint density at radius 2 is 1.92 bits per heavy atom. The van der Waals surface area contributed by atoms with Crippen molar-refractivity contribution in [3.05, 3.63) is 77.3 Å². The highest BCUT2D eigenvalue weighted by molar-refractivity contribution is 7.92. The van der Waals surface area contributed by atoms with Crippen LogP contribution in [0.25, 0.3) is 0 Å². The summed E-state index contributed by atoms with van der Waals surface area (Å²) in [4.78, 5) is -0.0218. The van der Waals surface area contributed by atoms with Gasteiger partial charge in [-0.2, -0.15) is 5.10 Å². The summed E-state index contributed by atoms with van der Waals surface area (Å²) >= 11 is 5.93. The Bertz CT molecular complexity index is 955. The predicted molar refractivity (Wildman–Crippen MR) is 90.0 cm³/mol. The van der Waals surface area contributed by atoms with E-state index in [2.05, 4.69) is 9.82 Å². The molecule has 0 atom stereocenters. The van der Waals surface area contributed by atoms with Crippen molar-refractivity contribution in [3.63, 3.8) is 0 Å².